The summed E-state index contributed by atoms with van der Waals surface area (Å²) in [6.07, 6.45) is 2.91. The van der Waals surface area contributed by atoms with Crippen molar-refractivity contribution in [3.8, 4) is 0 Å². The van der Waals surface area contributed by atoms with Crippen LogP contribution < -0.4 is 5.73 Å². The van der Waals surface area contributed by atoms with E-state index in [1.165, 1.54) is 5.56 Å². The van der Waals surface area contributed by atoms with Crippen LogP contribution >= 0.6 is 0 Å². The molecule has 1 rings (SSSR count). The van der Waals surface area contributed by atoms with Gasteiger partial charge in [-0.2, -0.15) is 0 Å². The van der Waals surface area contributed by atoms with Gasteiger partial charge < -0.3 is 5.73 Å². The second-order valence-electron chi connectivity index (χ2n) is 3.59. The molecule has 0 saturated carbocycles. The lowest BCUT2D eigenvalue weighted by Crippen LogP contribution is -2.19. The normalized spacial score (nSPS) is 15.4. The summed E-state index contributed by atoms with van der Waals surface area (Å²) in [7, 11) is 0. The molecule has 13 heavy (non-hydrogen) atoms. The molecule has 0 bridgehead atoms. The van der Waals surface area contributed by atoms with Crippen molar-refractivity contribution in [1.29, 1.82) is 0 Å². The number of aromatic nitrogens is 1. The van der Waals surface area contributed by atoms with E-state index in [1.807, 2.05) is 19.2 Å². The highest BCUT2D eigenvalue weighted by Gasteiger charge is 2.14. The summed E-state index contributed by atoms with van der Waals surface area (Å²) in [6.45, 7) is 6.35. The number of rotatable bonds is 3. The Morgan fingerprint density at radius 1 is 1.54 bits per heavy atom. The van der Waals surface area contributed by atoms with Gasteiger partial charge in [-0.1, -0.05) is 26.3 Å². The van der Waals surface area contributed by atoms with Crippen LogP contribution in [0.5, 0.6) is 0 Å². The molecule has 0 aliphatic rings. The van der Waals surface area contributed by atoms with Gasteiger partial charge in [0.1, 0.15) is 0 Å². The van der Waals surface area contributed by atoms with Crippen molar-refractivity contribution in [1.82, 2.24) is 4.98 Å². The Morgan fingerprint density at radius 2 is 2.23 bits per heavy atom. The minimum absolute atomic E-state index is 0.124. The van der Waals surface area contributed by atoms with Gasteiger partial charge >= 0.3 is 0 Å². The first kappa shape index (κ1) is 10.2. The highest BCUT2D eigenvalue weighted by Crippen LogP contribution is 2.22. The third kappa shape index (κ3) is 2.28. The zero-order chi connectivity index (χ0) is 9.84. The van der Waals surface area contributed by atoms with Gasteiger partial charge in [0.2, 0.25) is 0 Å². The van der Waals surface area contributed by atoms with Crippen molar-refractivity contribution in [3.05, 3.63) is 29.6 Å². The third-order valence-electron chi connectivity index (χ3n) is 2.66. The fourth-order valence-electron chi connectivity index (χ4n) is 1.41. The molecule has 2 unspecified atom stereocenters. The first-order valence-electron chi connectivity index (χ1n) is 4.84. The van der Waals surface area contributed by atoms with E-state index in [-0.39, 0.29) is 6.04 Å². The minimum Gasteiger partial charge on any atom is -0.324 e. The van der Waals surface area contributed by atoms with E-state index < -0.39 is 0 Å². The zero-order valence-corrected chi connectivity index (χ0v) is 8.62. The molecule has 0 aromatic carbocycles. The van der Waals surface area contributed by atoms with E-state index in [0.29, 0.717) is 5.92 Å². The van der Waals surface area contributed by atoms with Crippen LogP contribution in [0.2, 0.25) is 0 Å². The summed E-state index contributed by atoms with van der Waals surface area (Å²) in [6, 6.07) is 4.14. The molecule has 2 atom stereocenters. The molecule has 1 aromatic heterocycles. The minimum atomic E-state index is 0.124. The van der Waals surface area contributed by atoms with E-state index >= 15 is 0 Å². The molecule has 0 radical (unpaired) electrons. The standard InChI is InChI=1S/C11H18N2/c1-4-8(2)11(12)10-6-5-7-13-9(10)3/h5-8,11H,4,12H2,1-3H3. The summed E-state index contributed by atoms with van der Waals surface area (Å²) < 4.78 is 0. The van der Waals surface area contributed by atoms with Gasteiger partial charge in [-0.3, -0.25) is 4.98 Å². The second-order valence-corrected chi connectivity index (χ2v) is 3.59. The summed E-state index contributed by atoms with van der Waals surface area (Å²) >= 11 is 0. The van der Waals surface area contributed by atoms with Crippen LogP contribution in [-0.2, 0) is 0 Å². The molecule has 0 amide bonds. The molecule has 1 heterocycles. The maximum Gasteiger partial charge on any atom is 0.0420 e. The van der Waals surface area contributed by atoms with E-state index in [1.54, 1.807) is 0 Å². The average molecular weight is 178 g/mol. The topological polar surface area (TPSA) is 38.9 Å². The van der Waals surface area contributed by atoms with Crippen molar-refractivity contribution < 1.29 is 0 Å². The van der Waals surface area contributed by atoms with Crippen LogP contribution in [0.25, 0.3) is 0 Å². The van der Waals surface area contributed by atoms with Gasteiger partial charge in [0.15, 0.2) is 0 Å². The van der Waals surface area contributed by atoms with Gasteiger partial charge in [0.25, 0.3) is 0 Å². The highest BCUT2D eigenvalue weighted by atomic mass is 14.7. The molecule has 0 saturated heterocycles. The van der Waals surface area contributed by atoms with Crippen LogP contribution in [-0.4, -0.2) is 4.98 Å². The van der Waals surface area contributed by atoms with E-state index in [0.717, 1.165) is 12.1 Å². The Bertz CT molecular complexity index is 271. The molecular formula is C11H18N2. The fraction of sp³-hybridized carbons (Fsp3) is 0.545. The Balaban J connectivity index is 2.88. The first-order chi connectivity index (χ1) is 6.16. The van der Waals surface area contributed by atoms with Crippen LogP contribution in [0.1, 0.15) is 37.6 Å². The Morgan fingerprint density at radius 3 is 2.77 bits per heavy atom. The Labute approximate surface area is 80.2 Å². The SMILES string of the molecule is CCC(C)C(N)c1cccnc1C. The Hall–Kier alpha value is -0.890. The Kier molecular flexibility index (Phi) is 3.43. The smallest absolute Gasteiger partial charge is 0.0420 e. The van der Waals surface area contributed by atoms with Gasteiger partial charge in [0.05, 0.1) is 0 Å². The average Bonchev–Trinajstić information content (AvgIpc) is 2.16. The molecule has 0 aliphatic carbocycles. The highest BCUT2D eigenvalue weighted by molar-refractivity contribution is 5.22. The molecule has 1 aromatic rings. The number of nitrogens with two attached hydrogens (primary N) is 1. The molecule has 2 heteroatoms. The van der Waals surface area contributed by atoms with Crippen molar-refractivity contribution in [2.24, 2.45) is 11.7 Å². The molecule has 0 spiro atoms. The van der Waals surface area contributed by atoms with Gasteiger partial charge in [-0.05, 0) is 24.5 Å². The number of hydrogen-bond acceptors (Lipinski definition) is 2. The predicted octanol–water partition coefficient (Wildman–Crippen LogP) is 2.44. The number of aryl methyl sites for hydroxylation is 1. The summed E-state index contributed by atoms with van der Waals surface area (Å²) in [5.74, 6) is 0.517. The quantitative estimate of drug-likeness (QED) is 0.772. The molecule has 2 N–H and O–H groups in total. The van der Waals surface area contributed by atoms with Gasteiger partial charge in [-0.25, -0.2) is 0 Å². The predicted molar refractivity (Wildman–Crippen MR) is 55.4 cm³/mol. The molecular weight excluding hydrogens is 160 g/mol. The maximum absolute atomic E-state index is 6.11. The van der Waals surface area contributed by atoms with Crippen molar-refractivity contribution in [3.63, 3.8) is 0 Å². The van der Waals surface area contributed by atoms with E-state index in [9.17, 15) is 0 Å². The third-order valence-corrected chi connectivity index (χ3v) is 2.66. The van der Waals surface area contributed by atoms with E-state index in [2.05, 4.69) is 24.9 Å². The number of pyridine rings is 1. The lowest BCUT2D eigenvalue weighted by molar-refractivity contribution is 0.454. The van der Waals surface area contributed by atoms with Crippen LogP contribution in [0.3, 0.4) is 0 Å². The van der Waals surface area contributed by atoms with Gasteiger partial charge in [0, 0.05) is 17.9 Å². The molecule has 72 valence electrons. The largest absolute Gasteiger partial charge is 0.324 e. The van der Waals surface area contributed by atoms with Gasteiger partial charge in [-0.15, -0.1) is 0 Å². The number of nitrogens with zero attached hydrogens (tertiary/aromatic N) is 1. The second kappa shape index (κ2) is 4.38. The van der Waals surface area contributed by atoms with Crippen LogP contribution in [0, 0.1) is 12.8 Å². The van der Waals surface area contributed by atoms with E-state index in [4.69, 9.17) is 5.73 Å². The van der Waals surface area contributed by atoms with Crippen molar-refractivity contribution in [2.75, 3.05) is 0 Å². The molecule has 2 nitrogen and oxygen atoms in total. The summed E-state index contributed by atoms with van der Waals surface area (Å²) in [5, 5.41) is 0. The summed E-state index contributed by atoms with van der Waals surface area (Å²) in [5.41, 5.74) is 8.34. The molecule has 0 aliphatic heterocycles. The lowest BCUT2D eigenvalue weighted by atomic mass is 9.93. The summed E-state index contributed by atoms with van der Waals surface area (Å²) in [4.78, 5) is 4.24. The fourth-order valence-corrected chi connectivity index (χ4v) is 1.41. The molecule has 0 fully saturated rings. The van der Waals surface area contributed by atoms with Crippen molar-refractivity contribution in [2.45, 2.75) is 33.2 Å². The van der Waals surface area contributed by atoms with Crippen LogP contribution in [0.4, 0.5) is 0 Å². The zero-order valence-electron chi connectivity index (χ0n) is 8.62. The maximum atomic E-state index is 6.11. The monoisotopic (exact) mass is 178 g/mol. The number of hydrogen-bond donors (Lipinski definition) is 1. The first-order valence-corrected chi connectivity index (χ1v) is 4.84. The lowest BCUT2D eigenvalue weighted by Gasteiger charge is -2.19. The van der Waals surface area contributed by atoms with Crippen molar-refractivity contribution >= 4 is 0 Å². The van der Waals surface area contributed by atoms with Crippen LogP contribution in [0.15, 0.2) is 18.3 Å².